The number of piperidine rings is 1. The van der Waals surface area contributed by atoms with Crippen molar-refractivity contribution < 1.29 is 9.50 Å². The van der Waals surface area contributed by atoms with Crippen LogP contribution in [0.3, 0.4) is 0 Å². The third-order valence-corrected chi connectivity index (χ3v) is 3.45. The van der Waals surface area contributed by atoms with Gasteiger partial charge in [-0.15, -0.1) is 0 Å². The Morgan fingerprint density at radius 1 is 1.28 bits per heavy atom. The topological polar surface area (TPSA) is 35.5 Å². The van der Waals surface area contributed by atoms with E-state index in [0.29, 0.717) is 11.7 Å². The maximum absolute atomic E-state index is 13.5. The molecule has 4 heteroatoms. The van der Waals surface area contributed by atoms with E-state index >= 15 is 0 Å². The molecule has 0 atom stereocenters. The molecule has 2 N–H and O–H groups in total. The van der Waals surface area contributed by atoms with Crippen LogP contribution >= 0.6 is 0 Å². The number of halogens is 1. The maximum atomic E-state index is 13.5. The zero-order chi connectivity index (χ0) is 12.8. The summed E-state index contributed by atoms with van der Waals surface area (Å²) in [4.78, 5) is 2.36. The minimum Gasteiger partial charge on any atom is -0.396 e. The van der Waals surface area contributed by atoms with Gasteiger partial charge in [-0.05, 0) is 31.4 Å². The molecule has 1 aliphatic heterocycles. The molecule has 0 unspecified atom stereocenters. The lowest BCUT2D eigenvalue weighted by molar-refractivity contribution is 0.192. The van der Waals surface area contributed by atoms with E-state index in [2.05, 4.69) is 10.2 Å². The van der Waals surface area contributed by atoms with Crippen LogP contribution in [-0.2, 0) is 0 Å². The summed E-state index contributed by atoms with van der Waals surface area (Å²) in [7, 11) is 0. The molecule has 18 heavy (non-hydrogen) atoms. The third kappa shape index (κ3) is 3.68. The van der Waals surface area contributed by atoms with Crippen molar-refractivity contribution in [3.8, 4) is 0 Å². The minimum absolute atomic E-state index is 0.180. The standard InChI is InChI=1S/C14H21FN2O/c15-13-4-1-2-5-14(13)16-12-6-9-17(10-7-12)8-3-11-18/h1-2,4-5,12,16,18H,3,6-11H2. The highest BCUT2D eigenvalue weighted by molar-refractivity contribution is 5.45. The van der Waals surface area contributed by atoms with Crippen molar-refractivity contribution in [2.75, 3.05) is 31.6 Å². The van der Waals surface area contributed by atoms with Gasteiger partial charge in [-0.25, -0.2) is 4.39 Å². The second-order valence-corrected chi connectivity index (χ2v) is 4.82. The van der Waals surface area contributed by atoms with Crippen LogP contribution < -0.4 is 5.32 Å². The zero-order valence-corrected chi connectivity index (χ0v) is 10.6. The van der Waals surface area contributed by atoms with Crippen LogP contribution in [-0.4, -0.2) is 42.3 Å². The number of hydrogen-bond donors (Lipinski definition) is 2. The SMILES string of the molecule is OCCCN1CCC(Nc2ccccc2F)CC1. The first-order chi connectivity index (χ1) is 8.79. The van der Waals surface area contributed by atoms with Gasteiger partial charge >= 0.3 is 0 Å². The summed E-state index contributed by atoms with van der Waals surface area (Å²) in [6.45, 7) is 3.26. The van der Waals surface area contributed by atoms with Crippen molar-refractivity contribution >= 4 is 5.69 Å². The average molecular weight is 252 g/mol. The molecule has 0 bridgehead atoms. The van der Waals surface area contributed by atoms with Gasteiger partial charge < -0.3 is 15.3 Å². The quantitative estimate of drug-likeness (QED) is 0.842. The van der Waals surface area contributed by atoms with Gasteiger partial charge in [0.25, 0.3) is 0 Å². The van der Waals surface area contributed by atoms with Crippen LogP contribution in [0.15, 0.2) is 24.3 Å². The lowest BCUT2D eigenvalue weighted by Gasteiger charge is -2.32. The van der Waals surface area contributed by atoms with Crippen LogP contribution in [0.1, 0.15) is 19.3 Å². The van der Waals surface area contributed by atoms with E-state index in [0.717, 1.165) is 38.9 Å². The second-order valence-electron chi connectivity index (χ2n) is 4.82. The Hall–Kier alpha value is -1.13. The summed E-state index contributed by atoms with van der Waals surface area (Å²) in [5.41, 5.74) is 0.603. The smallest absolute Gasteiger partial charge is 0.146 e. The van der Waals surface area contributed by atoms with Gasteiger partial charge in [-0.3, -0.25) is 0 Å². The molecular weight excluding hydrogens is 231 g/mol. The van der Waals surface area contributed by atoms with Gasteiger partial charge in [0, 0.05) is 32.3 Å². The molecule has 100 valence electrons. The van der Waals surface area contributed by atoms with E-state index in [1.807, 2.05) is 6.07 Å². The van der Waals surface area contributed by atoms with Crippen molar-refractivity contribution in [2.45, 2.75) is 25.3 Å². The molecule has 3 nitrogen and oxygen atoms in total. The molecule has 0 radical (unpaired) electrons. The minimum atomic E-state index is -0.180. The van der Waals surface area contributed by atoms with Gasteiger partial charge in [-0.2, -0.15) is 0 Å². The van der Waals surface area contributed by atoms with Crippen LogP contribution in [0.2, 0.25) is 0 Å². The number of aliphatic hydroxyl groups is 1. The Kier molecular flexibility index (Phi) is 4.96. The maximum Gasteiger partial charge on any atom is 0.146 e. The molecule has 0 amide bonds. The Labute approximate surface area is 108 Å². The number of likely N-dealkylation sites (tertiary alicyclic amines) is 1. The number of rotatable bonds is 5. The molecule has 1 aliphatic rings. The number of benzene rings is 1. The largest absolute Gasteiger partial charge is 0.396 e. The van der Waals surface area contributed by atoms with Crippen molar-refractivity contribution in [2.24, 2.45) is 0 Å². The van der Waals surface area contributed by atoms with Crippen molar-refractivity contribution in [3.63, 3.8) is 0 Å². The van der Waals surface area contributed by atoms with Crippen LogP contribution in [0, 0.1) is 5.82 Å². The fourth-order valence-corrected chi connectivity index (χ4v) is 2.39. The molecule has 1 fully saturated rings. The predicted molar refractivity (Wildman–Crippen MR) is 71.2 cm³/mol. The first-order valence-electron chi connectivity index (χ1n) is 6.64. The number of para-hydroxylation sites is 1. The van der Waals surface area contributed by atoms with Crippen LogP contribution in [0.5, 0.6) is 0 Å². The van der Waals surface area contributed by atoms with Gasteiger partial charge in [0.05, 0.1) is 5.69 Å². The molecule has 1 saturated heterocycles. The van der Waals surface area contributed by atoms with E-state index in [4.69, 9.17) is 5.11 Å². The summed E-state index contributed by atoms with van der Waals surface area (Å²) >= 11 is 0. The van der Waals surface area contributed by atoms with E-state index in [9.17, 15) is 4.39 Å². The second kappa shape index (κ2) is 6.71. The summed E-state index contributed by atoms with van der Waals surface area (Å²) in [6, 6.07) is 7.18. The van der Waals surface area contributed by atoms with E-state index in [1.54, 1.807) is 12.1 Å². The van der Waals surface area contributed by atoms with E-state index in [-0.39, 0.29) is 12.4 Å². The molecule has 0 aromatic heterocycles. The number of nitrogens with zero attached hydrogens (tertiary/aromatic N) is 1. The fraction of sp³-hybridized carbons (Fsp3) is 0.571. The van der Waals surface area contributed by atoms with Crippen molar-refractivity contribution in [1.29, 1.82) is 0 Å². The Morgan fingerprint density at radius 3 is 2.67 bits per heavy atom. The fourth-order valence-electron chi connectivity index (χ4n) is 2.39. The average Bonchev–Trinajstić information content (AvgIpc) is 2.41. The summed E-state index contributed by atoms with van der Waals surface area (Å²) in [5.74, 6) is -0.180. The Morgan fingerprint density at radius 2 is 2.00 bits per heavy atom. The highest BCUT2D eigenvalue weighted by atomic mass is 19.1. The number of anilines is 1. The van der Waals surface area contributed by atoms with Gasteiger partial charge in [0.15, 0.2) is 0 Å². The van der Waals surface area contributed by atoms with Gasteiger partial charge in [-0.1, -0.05) is 12.1 Å². The van der Waals surface area contributed by atoms with Gasteiger partial charge in [0.1, 0.15) is 5.82 Å². The summed E-state index contributed by atoms with van der Waals surface area (Å²) in [5, 5.41) is 12.1. The molecule has 0 saturated carbocycles. The molecule has 0 aliphatic carbocycles. The van der Waals surface area contributed by atoms with E-state index in [1.165, 1.54) is 6.07 Å². The number of aliphatic hydroxyl groups excluding tert-OH is 1. The lowest BCUT2D eigenvalue weighted by atomic mass is 10.0. The zero-order valence-electron chi connectivity index (χ0n) is 10.6. The van der Waals surface area contributed by atoms with Crippen molar-refractivity contribution in [1.82, 2.24) is 4.90 Å². The third-order valence-electron chi connectivity index (χ3n) is 3.45. The normalized spacial score (nSPS) is 17.9. The molecule has 2 rings (SSSR count). The number of hydrogen-bond acceptors (Lipinski definition) is 3. The van der Waals surface area contributed by atoms with Crippen LogP contribution in [0.4, 0.5) is 10.1 Å². The summed E-state index contributed by atoms with van der Waals surface area (Å²) < 4.78 is 13.5. The highest BCUT2D eigenvalue weighted by Gasteiger charge is 2.19. The Bertz CT molecular complexity index is 365. The molecular formula is C14H21FN2O. The van der Waals surface area contributed by atoms with Gasteiger partial charge in [0.2, 0.25) is 0 Å². The lowest BCUT2D eigenvalue weighted by Crippen LogP contribution is -2.39. The van der Waals surface area contributed by atoms with Crippen molar-refractivity contribution in [3.05, 3.63) is 30.1 Å². The van der Waals surface area contributed by atoms with Crippen LogP contribution in [0.25, 0.3) is 0 Å². The number of nitrogens with one attached hydrogen (secondary N) is 1. The first kappa shape index (κ1) is 13.3. The predicted octanol–water partition coefficient (Wildman–Crippen LogP) is 2.08. The monoisotopic (exact) mass is 252 g/mol. The molecule has 0 spiro atoms. The molecule has 1 aromatic rings. The highest BCUT2D eigenvalue weighted by Crippen LogP contribution is 2.19. The Balaban J connectivity index is 1.78. The first-order valence-corrected chi connectivity index (χ1v) is 6.64. The molecule has 1 heterocycles. The summed E-state index contributed by atoms with van der Waals surface area (Å²) in [6.07, 6.45) is 2.89. The molecule has 1 aromatic carbocycles. The van der Waals surface area contributed by atoms with E-state index < -0.39 is 0 Å².